The Balaban J connectivity index is 2.08. The van der Waals surface area contributed by atoms with E-state index >= 15 is 0 Å². The van der Waals surface area contributed by atoms with Gasteiger partial charge in [-0.1, -0.05) is 25.9 Å². The van der Waals surface area contributed by atoms with Gasteiger partial charge in [-0.2, -0.15) is 0 Å². The molecule has 7 heteroatoms. The molecule has 0 amide bonds. The van der Waals surface area contributed by atoms with Crippen LogP contribution in [0.2, 0.25) is 0 Å². The van der Waals surface area contributed by atoms with Crippen LogP contribution in [0, 0.1) is 12.3 Å². The quantitative estimate of drug-likeness (QED) is 0.882. The maximum Gasteiger partial charge on any atom is 0.263 e. The summed E-state index contributed by atoms with van der Waals surface area (Å²) >= 11 is 0. The zero-order valence-electron chi connectivity index (χ0n) is 13.2. The first-order valence-electron chi connectivity index (χ1n) is 6.96. The third-order valence-electron chi connectivity index (χ3n) is 2.85. The molecule has 0 fully saturated rings. The van der Waals surface area contributed by atoms with E-state index in [1.54, 1.807) is 31.2 Å². The van der Waals surface area contributed by atoms with Crippen molar-refractivity contribution in [1.29, 1.82) is 0 Å². The van der Waals surface area contributed by atoms with E-state index in [-0.39, 0.29) is 16.1 Å². The molecule has 0 saturated carbocycles. The van der Waals surface area contributed by atoms with Gasteiger partial charge in [0.1, 0.15) is 5.76 Å². The SMILES string of the molecule is Cc1cc(NS(=O)(=O)c2ccc(NCC(C)(C)C)cc2)no1. The molecule has 0 saturated heterocycles. The van der Waals surface area contributed by atoms with Crippen LogP contribution in [0.1, 0.15) is 26.5 Å². The average molecular weight is 323 g/mol. The summed E-state index contributed by atoms with van der Waals surface area (Å²) < 4.78 is 31.7. The first kappa shape index (κ1) is 16.4. The summed E-state index contributed by atoms with van der Waals surface area (Å²) in [5, 5.41) is 6.90. The second kappa shape index (κ2) is 6.00. The lowest BCUT2D eigenvalue weighted by Gasteiger charge is -2.19. The number of aromatic nitrogens is 1. The van der Waals surface area contributed by atoms with Crippen LogP contribution in [0.3, 0.4) is 0 Å². The molecule has 0 aliphatic heterocycles. The molecule has 0 aliphatic rings. The second-order valence-corrected chi connectivity index (χ2v) is 8.05. The molecule has 2 N–H and O–H groups in total. The van der Waals surface area contributed by atoms with E-state index in [1.165, 1.54) is 6.07 Å². The molecular formula is C15H21N3O3S. The van der Waals surface area contributed by atoms with E-state index in [0.29, 0.717) is 5.76 Å². The number of hydrogen-bond donors (Lipinski definition) is 2. The van der Waals surface area contributed by atoms with E-state index in [4.69, 9.17) is 4.52 Å². The summed E-state index contributed by atoms with van der Waals surface area (Å²) in [4.78, 5) is 0.175. The number of nitrogens with one attached hydrogen (secondary N) is 2. The van der Waals surface area contributed by atoms with Crippen LogP contribution in [0.15, 0.2) is 39.8 Å². The second-order valence-electron chi connectivity index (χ2n) is 6.37. The molecule has 1 aromatic heterocycles. The van der Waals surface area contributed by atoms with Crippen molar-refractivity contribution < 1.29 is 12.9 Å². The molecular weight excluding hydrogens is 302 g/mol. The molecule has 0 radical (unpaired) electrons. The van der Waals surface area contributed by atoms with Crippen LogP contribution < -0.4 is 10.0 Å². The van der Waals surface area contributed by atoms with E-state index < -0.39 is 10.0 Å². The van der Waals surface area contributed by atoms with Crippen molar-refractivity contribution in [1.82, 2.24) is 5.16 Å². The van der Waals surface area contributed by atoms with Crippen LogP contribution in [0.5, 0.6) is 0 Å². The van der Waals surface area contributed by atoms with Crippen molar-refractivity contribution in [3.63, 3.8) is 0 Å². The van der Waals surface area contributed by atoms with Crippen molar-refractivity contribution in [2.45, 2.75) is 32.6 Å². The van der Waals surface area contributed by atoms with Gasteiger partial charge in [-0.3, -0.25) is 4.72 Å². The molecule has 22 heavy (non-hydrogen) atoms. The fourth-order valence-electron chi connectivity index (χ4n) is 1.73. The Morgan fingerprint density at radius 3 is 2.32 bits per heavy atom. The molecule has 0 spiro atoms. The largest absolute Gasteiger partial charge is 0.385 e. The predicted molar refractivity (Wildman–Crippen MR) is 86.4 cm³/mol. The maximum absolute atomic E-state index is 12.2. The van der Waals surface area contributed by atoms with Crippen molar-refractivity contribution >= 4 is 21.5 Å². The van der Waals surface area contributed by atoms with E-state index in [2.05, 4.69) is 36.0 Å². The third-order valence-corrected chi connectivity index (χ3v) is 4.22. The summed E-state index contributed by atoms with van der Waals surface area (Å²) in [6, 6.07) is 8.13. The fraction of sp³-hybridized carbons (Fsp3) is 0.400. The molecule has 1 aromatic carbocycles. The number of sulfonamides is 1. The fourth-order valence-corrected chi connectivity index (χ4v) is 2.71. The molecule has 1 heterocycles. The number of benzene rings is 1. The Hall–Kier alpha value is -2.02. The Kier molecular flexibility index (Phi) is 4.46. The third kappa shape index (κ3) is 4.49. The maximum atomic E-state index is 12.2. The number of rotatable bonds is 5. The number of nitrogens with zero attached hydrogens (tertiary/aromatic N) is 1. The monoisotopic (exact) mass is 323 g/mol. The van der Waals surface area contributed by atoms with Gasteiger partial charge in [-0.15, -0.1) is 0 Å². The summed E-state index contributed by atoms with van der Waals surface area (Å²) in [5.74, 6) is 0.715. The van der Waals surface area contributed by atoms with E-state index in [1.807, 2.05) is 0 Å². The standard InChI is InChI=1S/C15H21N3O3S/c1-11-9-14(17-21-11)18-22(19,20)13-7-5-12(6-8-13)16-10-15(2,3)4/h5-9,16H,10H2,1-4H3,(H,17,18). The lowest BCUT2D eigenvalue weighted by atomic mass is 9.97. The highest BCUT2D eigenvalue weighted by atomic mass is 32.2. The Morgan fingerprint density at radius 2 is 1.82 bits per heavy atom. The van der Waals surface area contributed by atoms with Gasteiger partial charge in [0, 0.05) is 18.3 Å². The van der Waals surface area contributed by atoms with Gasteiger partial charge in [0.25, 0.3) is 10.0 Å². The summed E-state index contributed by atoms with van der Waals surface area (Å²) in [7, 11) is -3.66. The lowest BCUT2D eigenvalue weighted by molar-refractivity contribution is 0.400. The van der Waals surface area contributed by atoms with Gasteiger partial charge in [0.05, 0.1) is 4.90 Å². The van der Waals surface area contributed by atoms with Gasteiger partial charge < -0.3 is 9.84 Å². The van der Waals surface area contributed by atoms with Gasteiger partial charge >= 0.3 is 0 Å². The number of aryl methyl sites for hydroxylation is 1. The van der Waals surface area contributed by atoms with Crippen LogP contribution in [-0.4, -0.2) is 20.1 Å². The molecule has 0 unspecified atom stereocenters. The first-order chi connectivity index (χ1) is 10.2. The lowest BCUT2D eigenvalue weighted by Crippen LogP contribution is -2.19. The summed E-state index contributed by atoms with van der Waals surface area (Å²) in [6.07, 6.45) is 0. The highest BCUT2D eigenvalue weighted by molar-refractivity contribution is 7.92. The van der Waals surface area contributed by atoms with Crippen LogP contribution in [0.25, 0.3) is 0 Å². The molecule has 0 aliphatic carbocycles. The highest BCUT2D eigenvalue weighted by Gasteiger charge is 2.16. The highest BCUT2D eigenvalue weighted by Crippen LogP contribution is 2.19. The normalized spacial score (nSPS) is 12.2. The minimum atomic E-state index is -3.66. The molecule has 0 bridgehead atoms. The smallest absolute Gasteiger partial charge is 0.263 e. The van der Waals surface area contributed by atoms with Gasteiger partial charge in [0.15, 0.2) is 5.82 Å². The Morgan fingerprint density at radius 1 is 1.18 bits per heavy atom. The van der Waals surface area contributed by atoms with Gasteiger partial charge in [-0.25, -0.2) is 8.42 Å². The molecule has 2 rings (SSSR count). The van der Waals surface area contributed by atoms with Crippen molar-refractivity contribution in [3.05, 3.63) is 36.1 Å². The number of anilines is 2. The first-order valence-corrected chi connectivity index (χ1v) is 8.44. The van der Waals surface area contributed by atoms with Crippen LogP contribution in [-0.2, 0) is 10.0 Å². The molecule has 120 valence electrons. The number of hydrogen-bond acceptors (Lipinski definition) is 5. The van der Waals surface area contributed by atoms with E-state index in [9.17, 15) is 8.42 Å². The van der Waals surface area contributed by atoms with Crippen LogP contribution >= 0.6 is 0 Å². The minimum absolute atomic E-state index is 0.150. The topological polar surface area (TPSA) is 84.2 Å². The summed E-state index contributed by atoms with van der Waals surface area (Å²) in [5.41, 5.74) is 1.03. The molecule has 2 aromatic rings. The van der Waals surface area contributed by atoms with Crippen molar-refractivity contribution in [2.24, 2.45) is 5.41 Å². The average Bonchev–Trinajstić information content (AvgIpc) is 2.81. The molecule has 6 nitrogen and oxygen atoms in total. The Bertz CT molecular complexity index is 728. The summed E-state index contributed by atoms with van der Waals surface area (Å²) in [6.45, 7) is 8.88. The molecule has 0 atom stereocenters. The van der Waals surface area contributed by atoms with Crippen molar-refractivity contribution in [3.8, 4) is 0 Å². The Labute approximate surface area is 131 Å². The minimum Gasteiger partial charge on any atom is -0.385 e. The van der Waals surface area contributed by atoms with E-state index in [0.717, 1.165) is 12.2 Å². The van der Waals surface area contributed by atoms with Crippen LogP contribution in [0.4, 0.5) is 11.5 Å². The predicted octanol–water partition coefficient (Wildman–Crippen LogP) is 3.24. The zero-order valence-corrected chi connectivity index (χ0v) is 14.0. The van der Waals surface area contributed by atoms with Gasteiger partial charge in [-0.05, 0) is 36.6 Å². The van der Waals surface area contributed by atoms with Gasteiger partial charge in [0.2, 0.25) is 0 Å². The zero-order chi connectivity index (χ0) is 16.4. The van der Waals surface area contributed by atoms with Crippen molar-refractivity contribution in [2.75, 3.05) is 16.6 Å².